The molecular weight excluding hydrogens is 337 g/mol. The second-order valence-electron chi connectivity index (χ2n) is 3.93. The monoisotopic (exact) mass is 347 g/mol. The minimum absolute atomic E-state index is 0.523. The Morgan fingerprint density at radius 1 is 0.889 bits per heavy atom. The van der Waals surface area contributed by atoms with Crippen LogP contribution in [0.2, 0.25) is 0 Å². The van der Waals surface area contributed by atoms with Crippen LogP contribution in [-0.2, 0) is 0 Å². The number of para-hydroxylation sites is 1. The van der Waals surface area contributed by atoms with Crippen molar-refractivity contribution < 1.29 is 0 Å². The molecular formula is C14H10IN3. The Morgan fingerprint density at radius 3 is 2.44 bits per heavy atom. The van der Waals surface area contributed by atoms with Gasteiger partial charge in [0.25, 0.3) is 0 Å². The fourth-order valence-corrected chi connectivity index (χ4v) is 2.49. The van der Waals surface area contributed by atoms with Crippen LogP contribution in [0, 0.1) is 3.57 Å². The molecule has 2 aromatic carbocycles. The maximum Gasteiger partial charge on any atom is 0.163 e. The van der Waals surface area contributed by atoms with Crippen molar-refractivity contribution in [2.75, 3.05) is 5.73 Å². The summed E-state index contributed by atoms with van der Waals surface area (Å²) in [7, 11) is 0. The summed E-state index contributed by atoms with van der Waals surface area (Å²) in [5.74, 6) is 1.20. The molecule has 0 radical (unpaired) electrons. The number of rotatable bonds is 1. The number of hydrogen-bond acceptors (Lipinski definition) is 3. The highest BCUT2D eigenvalue weighted by Crippen LogP contribution is 2.25. The SMILES string of the molecule is Nc1nc(-c2ccccc2I)nc2ccccc12. The summed E-state index contributed by atoms with van der Waals surface area (Å²) in [5, 5.41) is 0.896. The van der Waals surface area contributed by atoms with Crippen molar-refractivity contribution in [3.63, 3.8) is 0 Å². The van der Waals surface area contributed by atoms with Gasteiger partial charge in [-0.2, -0.15) is 0 Å². The van der Waals surface area contributed by atoms with E-state index in [0.29, 0.717) is 11.6 Å². The molecule has 1 aromatic heterocycles. The lowest BCUT2D eigenvalue weighted by Crippen LogP contribution is -1.98. The lowest BCUT2D eigenvalue weighted by molar-refractivity contribution is 1.23. The van der Waals surface area contributed by atoms with Gasteiger partial charge < -0.3 is 5.73 Å². The zero-order valence-corrected chi connectivity index (χ0v) is 11.6. The minimum Gasteiger partial charge on any atom is -0.383 e. The van der Waals surface area contributed by atoms with Gasteiger partial charge >= 0.3 is 0 Å². The van der Waals surface area contributed by atoms with E-state index >= 15 is 0 Å². The number of nitrogen functional groups attached to an aromatic ring is 1. The van der Waals surface area contributed by atoms with E-state index in [-0.39, 0.29) is 0 Å². The highest BCUT2D eigenvalue weighted by Gasteiger charge is 2.08. The standard InChI is InChI=1S/C14H10IN3/c15-11-7-3-1-5-9(11)14-17-12-8-4-2-6-10(12)13(16)18-14/h1-8H,(H2,16,17,18). The van der Waals surface area contributed by atoms with E-state index in [1.54, 1.807) is 0 Å². The van der Waals surface area contributed by atoms with E-state index in [9.17, 15) is 0 Å². The summed E-state index contributed by atoms with van der Waals surface area (Å²) in [6.45, 7) is 0. The van der Waals surface area contributed by atoms with Gasteiger partial charge in [-0.3, -0.25) is 0 Å². The van der Waals surface area contributed by atoms with Gasteiger partial charge in [0.1, 0.15) is 5.82 Å². The quantitative estimate of drug-likeness (QED) is 0.686. The minimum atomic E-state index is 0.523. The molecule has 0 aliphatic carbocycles. The molecule has 3 aromatic rings. The third-order valence-corrected chi connectivity index (χ3v) is 3.69. The Kier molecular flexibility index (Phi) is 2.87. The summed E-state index contributed by atoms with van der Waals surface area (Å²) in [6, 6.07) is 15.8. The Bertz CT molecular complexity index is 725. The highest BCUT2D eigenvalue weighted by atomic mass is 127. The largest absolute Gasteiger partial charge is 0.383 e. The first kappa shape index (κ1) is 11.4. The van der Waals surface area contributed by atoms with Gasteiger partial charge in [0.15, 0.2) is 5.82 Å². The second-order valence-corrected chi connectivity index (χ2v) is 5.09. The molecule has 0 bridgehead atoms. The first-order chi connectivity index (χ1) is 8.75. The molecule has 0 unspecified atom stereocenters. The number of hydrogen-bond donors (Lipinski definition) is 1. The van der Waals surface area contributed by atoms with Crippen LogP contribution >= 0.6 is 22.6 Å². The maximum absolute atomic E-state index is 5.99. The third-order valence-electron chi connectivity index (χ3n) is 2.75. The molecule has 3 nitrogen and oxygen atoms in total. The van der Waals surface area contributed by atoms with Gasteiger partial charge in [0, 0.05) is 14.5 Å². The Labute approximate surface area is 118 Å². The van der Waals surface area contributed by atoms with E-state index in [0.717, 1.165) is 20.0 Å². The number of anilines is 1. The van der Waals surface area contributed by atoms with Crippen LogP contribution in [-0.4, -0.2) is 9.97 Å². The van der Waals surface area contributed by atoms with Gasteiger partial charge in [0.2, 0.25) is 0 Å². The van der Waals surface area contributed by atoms with Crippen LogP contribution in [0.5, 0.6) is 0 Å². The summed E-state index contributed by atoms with van der Waals surface area (Å²) in [6.07, 6.45) is 0. The molecule has 1 heterocycles. The molecule has 0 fully saturated rings. The van der Waals surface area contributed by atoms with Crippen LogP contribution in [0.4, 0.5) is 5.82 Å². The molecule has 0 spiro atoms. The van der Waals surface area contributed by atoms with Crippen LogP contribution in [0.3, 0.4) is 0 Å². The molecule has 88 valence electrons. The second kappa shape index (κ2) is 4.53. The number of nitrogens with zero attached hydrogens (tertiary/aromatic N) is 2. The molecule has 0 amide bonds. The van der Waals surface area contributed by atoms with Crippen molar-refractivity contribution in [2.24, 2.45) is 0 Å². The molecule has 4 heteroatoms. The topological polar surface area (TPSA) is 51.8 Å². The average Bonchev–Trinajstić information content (AvgIpc) is 2.39. The number of halogens is 1. The van der Waals surface area contributed by atoms with E-state index < -0.39 is 0 Å². The van der Waals surface area contributed by atoms with Crippen molar-refractivity contribution >= 4 is 39.3 Å². The molecule has 0 aliphatic rings. The van der Waals surface area contributed by atoms with E-state index in [4.69, 9.17) is 5.73 Å². The van der Waals surface area contributed by atoms with Gasteiger partial charge in [-0.1, -0.05) is 30.3 Å². The van der Waals surface area contributed by atoms with Crippen molar-refractivity contribution in [1.29, 1.82) is 0 Å². The Balaban J connectivity index is 2.28. The number of benzene rings is 2. The van der Waals surface area contributed by atoms with Crippen LogP contribution in [0.1, 0.15) is 0 Å². The first-order valence-electron chi connectivity index (χ1n) is 5.53. The van der Waals surface area contributed by atoms with E-state index in [1.165, 1.54) is 0 Å². The summed E-state index contributed by atoms with van der Waals surface area (Å²) < 4.78 is 1.12. The molecule has 18 heavy (non-hydrogen) atoms. The highest BCUT2D eigenvalue weighted by molar-refractivity contribution is 14.1. The average molecular weight is 347 g/mol. The van der Waals surface area contributed by atoms with Crippen LogP contribution < -0.4 is 5.73 Å². The molecule has 0 saturated heterocycles. The predicted molar refractivity (Wildman–Crippen MR) is 82.1 cm³/mol. The number of aromatic nitrogens is 2. The van der Waals surface area contributed by atoms with Crippen molar-refractivity contribution in [1.82, 2.24) is 9.97 Å². The molecule has 0 aliphatic heterocycles. The van der Waals surface area contributed by atoms with Gasteiger partial charge in [-0.05, 0) is 40.8 Å². The van der Waals surface area contributed by atoms with Crippen molar-refractivity contribution in [3.8, 4) is 11.4 Å². The fraction of sp³-hybridized carbons (Fsp3) is 0. The lowest BCUT2D eigenvalue weighted by atomic mass is 10.2. The van der Waals surface area contributed by atoms with Crippen LogP contribution in [0.15, 0.2) is 48.5 Å². The fourth-order valence-electron chi connectivity index (χ4n) is 1.86. The number of fused-ring (bicyclic) bond motifs is 1. The van der Waals surface area contributed by atoms with E-state index in [2.05, 4.69) is 32.6 Å². The molecule has 3 rings (SSSR count). The van der Waals surface area contributed by atoms with Gasteiger partial charge in [-0.25, -0.2) is 9.97 Å². The summed E-state index contributed by atoms with van der Waals surface area (Å²) in [5.41, 5.74) is 7.88. The summed E-state index contributed by atoms with van der Waals surface area (Å²) >= 11 is 2.28. The Morgan fingerprint density at radius 2 is 1.61 bits per heavy atom. The number of nitrogens with two attached hydrogens (primary N) is 1. The molecule has 0 atom stereocenters. The zero-order chi connectivity index (χ0) is 12.5. The predicted octanol–water partition coefficient (Wildman–Crippen LogP) is 3.48. The van der Waals surface area contributed by atoms with E-state index in [1.807, 2.05) is 48.5 Å². The van der Waals surface area contributed by atoms with Gasteiger partial charge in [-0.15, -0.1) is 0 Å². The lowest BCUT2D eigenvalue weighted by Gasteiger charge is -2.06. The molecule has 2 N–H and O–H groups in total. The summed E-state index contributed by atoms with van der Waals surface area (Å²) in [4.78, 5) is 8.97. The smallest absolute Gasteiger partial charge is 0.163 e. The van der Waals surface area contributed by atoms with Crippen molar-refractivity contribution in [2.45, 2.75) is 0 Å². The van der Waals surface area contributed by atoms with Crippen molar-refractivity contribution in [3.05, 3.63) is 52.1 Å². The van der Waals surface area contributed by atoms with Crippen LogP contribution in [0.25, 0.3) is 22.3 Å². The molecule has 0 saturated carbocycles. The third kappa shape index (κ3) is 1.92. The normalized spacial score (nSPS) is 10.7. The zero-order valence-electron chi connectivity index (χ0n) is 9.47. The van der Waals surface area contributed by atoms with Gasteiger partial charge in [0.05, 0.1) is 5.52 Å². The first-order valence-corrected chi connectivity index (χ1v) is 6.61. The maximum atomic E-state index is 5.99. The Hall–Kier alpha value is -1.69.